The Hall–Kier alpha value is -1.45. The zero-order valence-corrected chi connectivity index (χ0v) is 13.9. The van der Waals surface area contributed by atoms with Gasteiger partial charge in [0, 0.05) is 25.8 Å². The first kappa shape index (κ1) is 17.6. The van der Waals surface area contributed by atoms with E-state index in [0.29, 0.717) is 5.69 Å². The van der Waals surface area contributed by atoms with Crippen molar-refractivity contribution >= 4 is 11.6 Å². The number of carbonyl (C=O) groups is 1. The van der Waals surface area contributed by atoms with Crippen LogP contribution in [-0.4, -0.2) is 28.5 Å². The summed E-state index contributed by atoms with van der Waals surface area (Å²) in [5.74, 6) is 0.126. The van der Waals surface area contributed by atoms with Gasteiger partial charge >= 0.3 is 0 Å². The molecule has 1 aromatic rings. The van der Waals surface area contributed by atoms with Crippen LogP contribution in [0.4, 0.5) is 5.69 Å². The maximum Gasteiger partial charge on any atom is 0.270 e. The lowest BCUT2D eigenvalue weighted by atomic mass is 10.2. The lowest BCUT2D eigenvalue weighted by Crippen LogP contribution is -2.34. The minimum Gasteiger partial charge on any atom is -0.397 e. The van der Waals surface area contributed by atoms with E-state index in [1.54, 1.807) is 6.07 Å². The number of carbonyl (C=O) groups excluding carboxylic acids is 1. The topological polar surface area (TPSA) is 51.3 Å². The normalized spacial score (nSPS) is 10.8. The lowest BCUT2D eigenvalue weighted by molar-refractivity contribution is 0.0739. The molecule has 0 aliphatic heterocycles. The van der Waals surface area contributed by atoms with Crippen molar-refractivity contribution in [3.05, 3.63) is 18.0 Å². The van der Waals surface area contributed by atoms with Crippen LogP contribution in [0.3, 0.4) is 0 Å². The molecule has 2 N–H and O–H groups in total. The van der Waals surface area contributed by atoms with E-state index in [1.807, 2.05) is 22.6 Å². The number of nitrogens with zero attached hydrogens (tertiary/aromatic N) is 2. The Kier molecular flexibility index (Phi) is 7.95. The second kappa shape index (κ2) is 9.48. The average molecular weight is 293 g/mol. The molecule has 1 amide bonds. The molecule has 1 aromatic heterocycles. The van der Waals surface area contributed by atoms with Gasteiger partial charge in [-0.05, 0) is 25.8 Å². The fourth-order valence-corrected chi connectivity index (χ4v) is 2.56. The van der Waals surface area contributed by atoms with Gasteiger partial charge in [0.15, 0.2) is 0 Å². The highest BCUT2D eigenvalue weighted by Crippen LogP contribution is 2.15. The molecule has 0 unspecified atom stereocenters. The van der Waals surface area contributed by atoms with Crippen molar-refractivity contribution in [2.45, 2.75) is 65.8 Å². The minimum atomic E-state index is 0.126. The van der Waals surface area contributed by atoms with Crippen LogP contribution in [0.25, 0.3) is 0 Å². The molecule has 0 bridgehead atoms. The Balaban J connectivity index is 2.76. The van der Waals surface area contributed by atoms with Gasteiger partial charge in [-0.3, -0.25) is 4.79 Å². The molecule has 4 nitrogen and oxygen atoms in total. The maximum absolute atomic E-state index is 12.8. The van der Waals surface area contributed by atoms with E-state index in [9.17, 15) is 4.79 Å². The molecule has 0 aliphatic carbocycles. The van der Waals surface area contributed by atoms with Crippen molar-refractivity contribution in [2.75, 3.05) is 18.8 Å². The fraction of sp³-hybridized carbons (Fsp3) is 0.706. The highest BCUT2D eigenvalue weighted by atomic mass is 16.2. The first-order valence-corrected chi connectivity index (χ1v) is 8.38. The number of hydrogen-bond donors (Lipinski definition) is 1. The Bertz CT molecular complexity index is 416. The van der Waals surface area contributed by atoms with Crippen LogP contribution in [0.2, 0.25) is 0 Å². The van der Waals surface area contributed by atoms with Gasteiger partial charge < -0.3 is 15.2 Å². The highest BCUT2D eigenvalue weighted by molar-refractivity contribution is 5.93. The van der Waals surface area contributed by atoms with Crippen molar-refractivity contribution in [3.8, 4) is 0 Å². The first-order chi connectivity index (χ1) is 10.1. The summed E-state index contributed by atoms with van der Waals surface area (Å²) in [5.41, 5.74) is 7.24. The van der Waals surface area contributed by atoms with Gasteiger partial charge in [-0.25, -0.2) is 0 Å². The third-order valence-corrected chi connectivity index (χ3v) is 3.83. The minimum absolute atomic E-state index is 0.126. The van der Waals surface area contributed by atoms with Crippen LogP contribution in [0.5, 0.6) is 0 Å². The SMILES string of the molecule is CCCCCN(CCCCC)C(=O)c1cc(N)cn1CC. The molecular weight excluding hydrogens is 262 g/mol. The van der Waals surface area contributed by atoms with Crippen LogP contribution in [-0.2, 0) is 6.54 Å². The molecule has 21 heavy (non-hydrogen) atoms. The van der Waals surface area contributed by atoms with E-state index >= 15 is 0 Å². The second-order valence-electron chi connectivity index (χ2n) is 5.65. The molecule has 4 heteroatoms. The molecule has 0 atom stereocenters. The van der Waals surface area contributed by atoms with Gasteiger partial charge in [0.05, 0.1) is 5.69 Å². The van der Waals surface area contributed by atoms with Crippen LogP contribution in [0.15, 0.2) is 12.3 Å². The first-order valence-electron chi connectivity index (χ1n) is 8.38. The Morgan fingerprint density at radius 1 is 1.10 bits per heavy atom. The molecule has 0 aromatic carbocycles. The summed E-state index contributed by atoms with van der Waals surface area (Å²) in [7, 11) is 0. The predicted octanol–water partition coefficient (Wildman–Crippen LogP) is 3.91. The standard InChI is InChI=1S/C17H31N3O/c1-4-7-9-11-20(12-10-8-5-2)17(21)16-13-15(18)14-19(16)6-3/h13-14H,4-12,18H2,1-3H3. The van der Waals surface area contributed by atoms with E-state index < -0.39 is 0 Å². The number of nitrogens with two attached hydrogens (primary N) is 1. The van der Waals surface area contributed by atoms with Gasteiger partial charge in [0.2, 0.25) is 0 Å². The van der Waals surface area contributed by atoms with Gasteiger partial charge in [0.25, 0.3) is 5.91 Å². The molecule has 0 radical (unpaired) electrons. The van der Waals surface area contributed by atoms with Crippen molar-refractivity contribution in [3.63, 3.8) is 0 Å². The number of aryl methyl sites for hydroxylation is 1. The monoisotopic (exact) mass is 293 g/mol. The summed E-state index contributed by atoms with van der Waals surface area (Å²) in [6, 6.07) is 1.80. The highest BCUT2D eigenvalue weighted by Gasteiger charge is 2.19. The van der Waals surface area contributed by atoms with Gasteiger partial charge in [-0.2, -0.15) is 0 Å². The molecule has 0 saturated heterocycles. The van der Waals surface area contributed by atoms with E-state index in [4.69, 9.17) is 5.73 Å². The molecular formula is C17H31N3O. The molecule has 0 aliphatic rings. The third-order valence-electron chi connectivity index (χ3n) is 3.83. The summed E-state index contributed by atoms with van der Waals surface area (Å²) >= 11 is 0. The quantitative estimate of drug-likeness (QED) is 0.665. The Morgan fingerprint density at radius 2 is 1.67 bits per heavy atom. The van der Waals surface area contributed by atoms with E-state index in [0.717, 1.165) is 38.2 Å². The second-order valence-corrected chi connectivity index (χ2v) is 5.65. The van der Waals surface area contributed by atoms with Crippen molar-refractivity contribution in [1.82, 2.24) is 9.47 Å². The molecule has 0 fully saturated rings. The van der Waals surface area contributed by atoms with E-state index in [-0.39, 0.29) is 5.91 Å². The molecule has 1 rings (SSSR count). The zero-order valence-electron chi connectivity index (χ0n) is 13.9. The summed E-state index contributed by atoms with van der Waals surface area (Å²) in [5, 5.41) is 0. The Labute approximate surface area is 129 Å². The molecule has 0 spiro atoms. The Morgan fingerprint density at radius 3 is 2.14 bits per heavy atom. The number of nitrogen functional groups attached to an aromatic ring is 1. The number of anilines is 1. The fourth-order valence-electron chi connectivity index (χ4n) is 2.56. The van der Waals surface area contributed by atoms with Gasteiger partial charge in [-0.1, -0.05) is 39.5 Å². The average Bonchev–Trinajstić information content (AvgIpc) is 2.86. The lowest BCUT2D eigenvalue weighted by Gasteiger charge is -2.23. The molecule has 120 valence electrons. The third kappa shape index (κ3) is 5.44. The summed E-state index contributed by atoms with van der Waals surface area (Å²) in [6.07, 6.45) is 8.71. The van der Waals surface area contributed by atoms with Crippen LogP contribution in [0.1, 0.15) is 69.8 Å². The largest absolute Gasteiger partial charge is 0.397 e. The predicted molar refractivity (Wildman–Crippen MR) is 89.5 cm³/mol. The summed E-state index contributed by atoms with van der Waals surface area (Å²) in [4.78, 5) is 14.8. The van der Waals surface area contributed by atoms with Crippen molar-refractivity contribution in [1.29, 1.82) is 0 Å². The number of aromatic nitrogens is 1. The number of rotatable bonds is 10. The molecule has 1 heterocycles. The van der Waals surface area contributed by atoms with Crippen molar-refractivity contribution in [2.24, 2.45) is 0 Å². The van der Waals surface area contributed by atoms with Crippen LogP contribution < -0.4 is 5.73 Å². The molecule has 0 saturated carbocycles. The summed E-state index contributed by atoms with van der Waals surface area (Å²) < 4.78 is 1.95. The van der Waals surface area contributed by atoms with Crippen LogP contribution >= 0.6 is 0 Å². The number of amides is 1. The van der Waals surface area contributed by atoms with Gasteiger partial charge in [0.1, 0.15) is 5.69 Å². The van der Waals surface area contributed by atoms with Crippen LogP contribution in [0, 0.1) is 0 Å². The van der Waals surface area contributed by atoms with E-state index in [1.165, 1.54) is 25.7 Å². The maximum atomic E-state index is 12.8. The zero-order chi connectivity index (χ0) is 15.7. The van der Waals surface area contributed by atoms with E-state index in [2.05, 4.69) is 13.8 Å². The van der Waals surface area contributed by atoms with Gasteiger partial charge in [-0.15, -0.1) is 0 Å². The number of hydrogen-bond acceptors (Lipinski definition) is 2. The summed E-state index contributed by atoms with van der Waals surface area (Å²) in [6.45, 7) is 8.89. The number of unbranched alkanes of at least 4 members (excludes halogenated alkanes) is 4. The van der Waals surface area contributed by atoms with Crippen molar-refractivity contribution < 1.29 is 4.79 Å². The smallest absolute Gasteiger partial charge is 0.270 e.